The molecular weight excluding hydrogens is 344 g/mol. The average molecular weight is 359 g/mol. The molecule has 1 amide bonds. The van der Waals surface area contributed by atoms with Gasteiger partial charge in [-0.05, 0) is 37.1 Å². The Morgan fingerprint density at radius 2 is 1.95 bits per heavy atom. The van der Waals surface area contributed by atoms with E-state index >= 15 is 0 Å². The molecule has 1 aromatic rings. The summed E-state index contributed by atoms with van der Waals surface area (Å²) in [5.41, 5.74) is 0.806. The lowest BCUT2D eigenvalue weighted by atomic mass is 10.3. The Kier molecular flexibility index (Phi) is 5.66. The van der Waals surface area contributed by atoms with E-state index in [2.05, 4.69) is 26.1 Å². The molecule has 1 heterocycles. The molecular formula is C13H15BrN2OS2. The second-order valence-electron chi connectivity index (χ2n) is 4.30. The molecule has 0 atom stereocenters. The van der Waals surface area contributed by atoms with Crippen molar-refractivity contribution in [2.75, 3.05) is 24.2 Å². The Morgan fingerprint density at radius 3 is 2.58 bits per heavy atom. The van der Waals surface area contributed by atoms with E-state index < -0.39 is 0 Å². The van der Waals surface area contributed by atoms with E-state index in [4.69, 9.17) is 12.2 Å². The number of carbonyl (C=O) groups is 1. The number of benzene rings is 1. The summed E-state index contributed by atoms with van der Waals surface area (Å²) < 4.78 is 1.83. The molecule has 6 heteroatoms. The highest BCUT2D eigenvalue weighted by molar-refractivity contribution is 9.10. The summed E-state index contributed by atoms with van der Waals surface area (Å²) in [6, 6.07) is 7.53. The molecule has 19 heavy (non-hydrogen) atoms. The first-order chi connectivity index (χ1) is 9.15. The van der Waals surface area contributed by atoms with Crippen LogP contribution in [-0.2, 0) is 4.79 Å². The fourth-order valence-electron chi connectivity index (χ4n) is 1.85. The smallest absolute Gasteiger partial charge is 0.234 e. The summed E-state index contributed by atoms with van der Waals surface area (Å²) in [6.07, 6.45) is 2.40. The van der Waals surface area contributed by atoms with Crippen LogP contribution in [0.4, 0.5) is 5.69 Å². The van der Waals surface area contributed by atoms with Crippen LogP contribution < -0.4 is 5.32 Å². The molecule has 1 fully saturated rings. The molecule has 0 radical (unpaired) electrons. The fraction of sp³-hybridized carbons (Fsp3) is 0.385. The number of thioether (sulfide) groups is 1. The average Bonchev–Trinajstić information content (AvgIpc) is 2.93. The number of likely N-dealkylation sites (tertiary alicyclic amines) is 1. The number of halogens is 1. The van der Waals surface area contributed by atoms with Crippen LogP contribution in [0, 0.1) is 0 Å². The summed E-state index contributed by atoms with van der Waals surface area (Å²) in [4.78, 5) is 14.0. The van der Waals surface area contributed by atoms with Gasteiger partial charge in [-0.25, -0.2) is 0 Å². The van der Waals surface area contributed by atoms with Gasteiger partial charge < -0.3 is 10.2 Å². The van der Waals surface area contributed by atoms with E-state index in [1.807, 2.05) is 24.3 Å². The van der Waals surface area contributed by atoms with Gasteiger partial charge in [-0.3, -0.25) is 4.79 Å². The van der Waals surface area contributed by atoms with E-state index in [-0.39, 0.29) is 5.91 Å². The molecule has 1 aromatic carbocycles. The summed E-state index contributed by atoms with van der Waals surface area (Å²) >= 11 is 10.1. The van der Waals surface area contributed by atoms with Gasteiger partial charge >= 0.3 is 0 Å². The highest BCUT2D eigenvalue weighted by atomic mass is 79.9. The maximum Gasteiger partial charge on any atom is 0.234 e. The number of nitrogens with zero attached hydrogens (tertiary/aromatic N) is 1. The highest BCUT2D eigenvalue weighted by Gasteiger charge is 2.16. The number of carbonyl (C=O) groups excluding carboxylic acids is 1. The van der Waals surface area contributed by atoms with Gasteiger partial charge in [0.25, 0.3) is 0 Å². The van der Waals surface area contributed by atoms with Crippen LogP contribution in [0.25, 0.3) is 0 Å². The number of rotatable bonds is 3. The van der Waals surface area contributed by atoms with Crippen molar-refractivity contribution in [2.45, 2.75) is 12.8 Å². The maximum absolute atomic E-state index is 11.8. The van der Waals surface area contributed by atoms with Crippen molar-refractivity contribution >= 4 is 55.8 Å². The number of hydrogen-bond donors (Lipinski definition) is 1. The molecule has 0 bridgehead atoms. The maximum atomic E-state index is 11.8. The number of thiocarbonyl (C=S) groups is 1. The van der Waals surface area contributed by atoms with Crippen molar-refractivity contribution in [2.24, 2.45) is 0 Å². The summed E-state index contributed by atoms with van der Waals surface area (Å²) in [5, 5.41) is 2.86. The number of hydrogen-bond acceptors (Lipinski definition) is 3. The minimum absolute atomic E-state index is 0.0196. The Hall–Kier alpha value is -0.590. The molecule has 0 unspecified atom stereocenters. The van der Waals surface area contributed by atoms with Crippen LogP contribution in [0.1, 0.15) is 12.8 Å². The Labute approximate surface area is 131 Å². The topological polar surface area (TPSA) is 32.3 Å². The van der Waals surface area contributed by atoms with Crippen LogP contribution >= 0.6 is 39.9 Å². The van der Waals surface area contributed by atoms with Gasteiger partial charge in [-0.15, -0.1) is 0 Å². The lowest BCUT2D eigenvalue weighted by molar-refractivity contribution is -0.113. The van der Waals surface area contributed by atoms with Crippen LogP contribution in [0.3, 0.4) is 0 Å². The van der Waals surface area contributed by atoms with Crippen molar-refractivity contribution in [3.05, 3.63) is 28.7 Å². The number of nitrogens with one attached hydrogen (secondary N) is 1. The third-order valence-electron chi connectivity index (χ3n) is 2.82. The summed E-state index contributed by atoms with van der Waals surface area (Å²) in [7, 11) is 0. The van der Waals surface area contributed by atoms with Gasteiger partial charge in [0.1, 0.15) is 4.32 Å². The first kappa shape index (κ1) is 14.8. The predicted molar refractivity (Wildman–Crippen MR) is 88.6 cm³/mol. The van der Waals surface area contributed by atoms with Crippen LogP contribution in [0.2, 0.25) is 0 Å². The van der Waals surface area contributed by atoms with Gasteiger partial charge in [0.2, 0.25) is 5.91 Å². The SMILES string of the molecule is O=C(CSC(=S)N1CCCC1)Nc1ccc(Br)cc1. The normalized spacial score (nSPS) is 14.5. The molecule has 0 saturated carbocycles. The molecule has 3 nitrogen and oxygen atoms in total. The molecule has 0 aromatic heterocycles. The molecule has 1 aliphatic rings. The quantitative estimate of drug-likeness (QED) is 0.838. The zero-order chi connectivity index (χ0) is 13.7. The standard InChI is InChI=1S/C13H15BrN2OS2/c14-10-3-5-11(6-4-10)15-12(17)9-19-13(18)16-7-1-2-8-16/h3-6H,1-2,7-9H2,(H,15,17). The molecule has 102 valence electrons. The lowest BCUT2D eigenvalue weighted by Crippen LogP contribution is -2.25. The minimum atomic E-state index is -0.0196. The van der Waals surface area contributed by atoms with Crippen molar-refractivity contribution in [3.63, 3.8) is 0 Å². The Balaban J connectivity index is 1.75. The lowest BCUT2D eigenvalue weighted by Gasteiger charge is -2.17. The van der Waals surface area contributed by atoms with E-state index in [1.54, 1.807) is 0 Å². The molecule has 1 aliphatic heterocycles. The largest absolute Gasteiger partial charge is 0.358 e. The van der Waals surface area contributed by atoms with Gasteiger partial charge in [-0.1, -0.05) is 39.9 Å². The van der Waals surface area contributed by atoms with E-state index in [1.165, 1.54) is 24.6 Å². The fourth-order valence-corrected chi connectivity index (χ4v) is 3.16. The zero-order valence-electron chi connectivity index (χ0n) is 10.4. The second kappa shape index (κ2) is 7.26. The third kappa shape index (κ3) is 4.78. The first-order valence-electron chi connectivity index (χ1n) is 6.12. The van der Waals surface area contributed by atoms with Crippen molar-refractivity contribution < 1.29 is 4.79 Å². The van der Waals surface area contributed by atoms with E-state index in [9.17, 15) is 4.79 Å². The van der Waals surface area contributed by atoms with E-state index in [0.717, 1.165) is 27.6 Å². The molecule has 1 N–H and O–H groups in total. The van der Waals surface area contributed by atoms with Crippen molar-refractivity contribution in [1.82, 2.24) is 4.90 Å². The van der Waals surface area contributed by atoms with Crippen molar-refractivity contribution in [3.8, 4) is 0 Å². The molecule has 0 aliphatic carbocycles. The molecule has 2 rings (SSSR count). The summed E-state index contributed by atoms with van der Waals surface area (Å²) in [6.45, 7) is 2.06. The monoisotopic (exact) mass is 358 g/mol. The second-order valence-corrected chi connectivity index (χ2v) is 6.83. The Morgan fingerprint density at radius 1 is 1.32 bits per heavy atom. The van der Waals surface area contributed by atoms with Gasteiger partial charge in [0.05, 0.1) is 5.75 Å². The van der Waals surface area contributed by atoms with Crippen LogP contribution in [-0.4, -0.2) is 34.0 Å². The van der Waals surface area contributed by atoms with Crippen molar-refractivity contribution in [1.29, 1.82) is 0 Å². The first-order valence-corrected chi connectivity index (χ1v) is 8.31. The van der Waals surface area contributed by atoms with Gasteiger partial charge in [0, 0.05) is 23.2 Å². The predicted octanol–water partition coefficient (Wildman–Crippen LogP) is 3.50. The molecule has 1 saturated heterocycles. The van der Waals surface area contributed by atoms with Crippen LogP contribution in [0.15, 0.2) is 28.7 Å². The summed E-state index contributed by atoms with van der Waals surface area (Å²) in [5.74, 6) is 0.347. The molecule has 0 spiro atoms. The van der Waals surface area contributed by atoms with E-state index in [0.29, 0.717) is 5.75 Å². The Bertz CT molecular complexity index is 458. The zero-order valence-corrected chi connectivity index (χ0v) is 13.6. The van der Waals surface area contributed by atoms with Gasteiger partial charge in [0.15, 0.2) is 0 Å². The minimum Gasteiger partial charge on any atom is -0.358 e. The van der Waals surface area contributed by atoms with Crippen LogP contribution in [0.5, 0.6) is 0 Å². The van der Waals surface area contributed by atoms with Gasteiger partial charge in [-0.2, -0.15) is 0 Å². The highest BCUT2D eigenvalue weighted by Crippen LogP contribution is 2.17. The number of amides is 1. The third-order valence-corrected chi connectivity index (χ3v) is 4.87. The number of anilines is 1.